The quantitative estimate of drug-likeness (QED) is 0.639. The Bertz CT molecular complexity index is 815. The SMILES string of the molecule is C[C@H](c1ccco1)N(Cc1ccco1)C(=S)Nc1cc(F)cc(F)c1. The molecular formula is C18H16F2N2O2S. The Hall–Kier alpha value is -2.67. The number of anilines is 1. The lowest BCUT2D eigenvalue weighted by molar-refractivity contribution is 0.269. The summed E-state index contributed by atoms with van der Waals surface area (Å²) in [7, 11) is 0. The van der Waals surface area contributed by atoms with Crippen LogP contribution >= 0.6 is 12.2 Å². The molecule has 0 radical (unpaired) electrons. The van der Waals surface area contributed by atoms with Crippen molar-refractivity contribution in [3.63, 3.8) is 0 Å². The molecule has 1 N–H and O–H groups in total. The van der Waals surface area contributed by atoms with E-state index < -0.39 is 11.6 Å². The van der Waals surface area contributed by atoms with Crippen LogP contribution in [0.1, 0.15) is 24.5 Å². The monoisotopic (exact) mass is 362 g/mol. The summed E-state index contributed by atoms with van der Waals surface area (Å²) in [5.74, 6) is 0.0537. The van der Waals surface area contributed by atoms with E-state index in [0.717, 1.165) is 6.07 Å². The largest absolute Gasteiger partial charge is 0.467 e. The molecule has 0 fully saturated rings. The zero-order valence-corrected chi connectivity index (χ0v) is 14.2. The summed E-state index contributed by atoms with van der Waals surface area (Å²) < 4.78 is 37.6. The van der Waals surface area contributed by atoms with Crippen LogP contribution in [0.15, 0.2) is 63.8 Å². The average molecular weight is 362 g/mol. The van der Waals surface area contributed by atoms with E-state index in [4.69, 9.17) is 21.1 Å². The molecule has 1 atom stereocenters. The number of thiocarbonyl (C=S) groups is 1. The van der Waals surface area contributed by atoms with Crippen LogP contribution in [0.2, 0.25) is 0 Å². The molecule has 0 amide bonds. The third kappa shape index (κ3) is 4.24. The van der Waals surface area contributed by atoms with Crippen molar-refractivity contribution in [1.29, 1.82) is 0 Å². The fourth-order valence-corrected chi connectivity index (χ4v) is 2.80. The average Bonchev–Trinajstić information content (AvgIpc) is 3.24. The highest BCUT2D eigenvalue weighted by Crippen LogP contribution is 2.25. The normalized spacial score (nSPS) is 12.0. The molecule has 7 heteroatoms. The maximum atomic E-state index is 13.4. The second-order valence-electron chi connectivity index (χ2n) is 5.49. The van der Waals surface area contributed by atoms with Gasteiger partial charge in [-0.2, -0.15) is 0 Å². The fourth-order valence-electron chi connectivity index (χ4n) is 2.46. The van der Waals surface area contributed by atoms with Gasteiger partial charge >= 0.3 is 0 Å². The first kappa shape index (κ1) is 17.2. The first-order valence-electron chi connectivity index (χ1n) is 7.62. The summed E-state index contributed by atoms with van der Waals surface area (Å²) in [6.07, 6.45) is 3.15. The first-order chi connectivity index (χ1) is 12.0. The maximum Gasteiger partial charge on any atom is 0.174 e. The number of hydrogen-bond acceptors (Lipinski definition) is 3. The molecule has 0 saturated carbocycles. The molecule has 4 nitrogen and oxygen atoms in total. The van der Waals surface area contributed by atoms with Crippen molar-refractivity contribution >= 4 is 23.0 Å². The van der Waals surface area contributed by atoms with Crippen LogP contribution in [-0.2, 0) is 6.54 Å². The van der Waals surface area contributed by atoms with Crippen LogP contribution in [0.3, 0.4) is 0 Å². The van der Waals surface area contributed by atoms with Gasteiger partial charge in [0.05, 0.1) is 25.1 Å². The maximum absolute atomic E-state index is 13.4. The van der Waals surface area contributed by atoms with Gasteiger partial charge in [0.25, 0.3) is 0 Å². The van der Waals surface area contributed by atoms with Crippen LogP contribution in [0.4, 0.5) is 14.5 Å². The Balaban J connectivity index is 1.83. The number of rotatable bonds is 5. The lowest BCUT2D eigenvalue weighted by Gasteiger charge is -2.30. The molecule has 3 rings (SSSR count). The van der Waals surface area contributed by atoms with E-state index in [1.54, 1.807) is 24.7 Å². The molecule has 0 unspecified atom stereocenters. The second kappa shape index (κ2) is 7.48. The van der Waals surface area contributed by atoms with Gasteiger partial charge in [-0.05, 0) is 55.5 Å². The molecule has 2 aromatic heterocycles. The van der Waals surface area contributed by atoms with Gasteiger partial charge in [0, 0.05) is 11.8 Å². The summed E-state index contributed by atoms with van der Waals surface area (Å²) in [5, 5.41) is 3.17. The van der Waals surface area contributed by atoms with Crippen molar-refractivity contribution in [2.24, 2.45) is 0 Å². The Morgan fingerprint density at radius 3 is 2.40 bits per heavy atom. The number of nitrogens with one attached hydrogen (secondary N) is 1. The number of benzene rings is 1. The molecule has 0 aliphatic rings. The van der Waals surface area contributed by atoms with Gasteiger partial charge in [0.1, 0.15) is 23.2 Å². The standard InChI is InChI=1S/C18H16F2N2O2S/c1-12(17-5-3-7-24-17)22(11-16-4-2-6-23-16)18(25)21-15-9-13(19)8-14(20)10-15/h2-10,12H,11H2,1H3,(H,21,25)/t12-/m1/s1. The van der Waals surface area contributed by atoms with Crippen molar-refractivity contribution in [2.45, 2.75) is 19.5 Å². The van der Waals surface area contributed by atoms with E-state index in [-0.39, 0.29) is 11.7 Å². The second-order valence-corrected chi connectivity index (χ2v) is 5.87. The highest BCUT2D eigenvalue weighted by molar-refractivity contribution is 7.80. The fraction of sp³-hybridized carbons (Fsp3) is 0.167. The number of nitrogens with zero attached hydrogens (tertiary/aromatic N) is 1. The number of halogens is 2. The number of furan rings is 2. The van der Waals surface area contributed by atoms with Gasteiger partial charge < -0.3 is 19.1 Å². The van der Waals surface area contributed by atoms with Gasteiger partial charge in [-0.25, -0.2) is 8.78 Å². The van der Waals surface area contributed by atoms with Gasteiger partial charge in [-0.3, -0.25) is 0 Å². The summed E-state index contributed by atoms with van der Waals surface area (Å²) in [4.78, 5) is 1.82. The molecule has 0 aliphatic carbocycles. The molecule has 0 aliphatic heterocycles. The van der Waals surface area contributed by atoms with Crippen molar-refractivity contribution in [2.75, 3.05) is 5.32 Å². The summed E-state index contributed by atoms with van der Waals surface area (Å²) in [5.41, 5.74) is 0.235. The molecule has 1 aromatic carbocycles. The third-order valence-corrected chi connectivity index (χ3v) is 4.04. The highest BCUT2D eigenvalue weighted by Gasteiger charge is 2.22. The predicted octanol–water partition coefficient (Wildman–Crippen LogP) is 5.11. The minimum absolute atomic E-state index is 0.210. The van der Waals surface area contributed by atoms with Crippen LogP contribution in [0.25, 0.3) is 0 Å². The van der Waals surface area contributed by atoms with Crippen molar-refractivity contribution < 1.29 is 17.6 Å². The van der Waals surface area contributed by atoms with Gasteiger partial charge in [-0.15, -0.1) is 0 Å². The van der Waals surface area contributed by atoms with E-state index in [2.05, 4.69) is 5.32 Å². The summed E-state index contributed by atoms with van der Waals surface area (Å²) in [6, 6.07) is 10.2. The topological polar surface area (TPSA) is 41.6 Å². The predicted molar refractivity (Wildman–Crippen MR) is 94.0 cm³/mol. The van der Waals surface area contributed by atoms with Crippen LogP contribution in [0, 0.1) is 11.6 Å². The third-order valence-electron chi connectivity index (χ3n) is 3.70. The summed E-state index contributed by atoms with van der Waals surface area (Å²) >= 11 is 5.45. The van der Waals surface area contributed by atoms with Crippen molar-refractivity contribution in [3.8, 4) is 0 Å². The van der Waals surface area contributed by atoms with Gasteiger partial charge in [0.2, 0.25) is 0 Å². The molecule has 2 heterocycles. The van der Waals surface area contributed by atoms with Gasteiger partial charge in [0.15, 0.2) is 5.11 Å². The molecule has 3 aromatic rings. The smallest absolute Gasteiger partial charge is 0.174 e. The Labute approximate surface area is 149 Å². The Morgan fingerprint density at radius 2 is 1.80 bits per heavy atom. The van der Waals surface area contributed by atoms with E-state index in [1.165, 1.54) is 12.1 Å². The van der Waals surface area contributed by atoms with Crippen molar-refractivity contribution in [3.05, 3.63) is 78.1 Å². The minimum Gasteiger partial charge on any atom is -0.467 e. The molecular weight excluding hydrogens is 346 g/mol. The van der Waals surface area contributed by atoms with E-state index in [1.807, 2.05) is 24.0 Å². The molecule has 25 heavy (non-hydrogen) atoms. The lowest BCUT2D eigenvalue weighted by atomic mass is 10.2. The molecule has 130 valence electrons. The Morgan fingerprint density at radius 1 is 1.12 bits per heavy atom. The van der Waals surface area contributed by atoms with E-state index in [9.17, 15) is 8.78 Å². The van der Waals surface area contributed by atoms with Crippen LogP contribution in [-0.4, -0.2) is 10.0 Å². The minimum atomic E-state index is -0.679. The highest BCUT2D eigenvalue weighted by atomic mass is 32.1. The zero-order chi connectivity index (χ0) is 17.8. The molecule has 0 saturated heterocycles. The van der Waals surface area contributed by atoms with Crippen LogP contribution in [0.5, 0.6) is 0 Å². The molecule has 0 spiro atoms. The molecule has 0 bridgehead atoms. The van der Waals surface area contributed by atoms with Gasteiger partial charge in [-0.1, -0.05) is 0 Å². The Kier molecular flexibility index (Phi) is 5.14. The summed E-state index contributed by atoms with van der Waals surface area (Å²) in [6.45, 7) is 2.29. The first-order valence-corrected chi connectivity index (χ1v) is 8.03. The zero-order valence-electron chi connectivity index (χ0n) is 13.4. The van der Waals surface area contributed by atoms with E-state index in [0.29, 0.717) is 23.2 Å². The van der Waals surface area contributed by atoms with Crippen molar-refractivity contribution in [1.82, 2.24) is 4.90 Å². The number of hydrogen-bond donors (Lipinski definition) is 1. The van der Waals surface area contributed by atoms with Crippen LogP contribution < -0.4 is 5.32 Å². The lowest BCUT2D eigenvalue weighted by Crippen LogP contribution is -2.36. The van der Waals surface area contributed by atoms with E-state index >= 15 is 0 Å².